The zero-order valence-electron chi connectivity index (χ0n) is 10.2. The van der Waals surface area contributed by atoms with Crippen LogP contribution in [0.2, 0.25) is 0 Å². The van der Waals surface area contributed by atoms with Crippen LogP contribution in [0, 0.1) is 6.92 Å². The predicted molar refractivity (Wildman–Crippen MR) is 68.3 cm³/mol. The van der Waals surface area contributed by atoms with E-state index in [1.54, 1.807) is 4.31 Å². The summed E-state index contributed by atoms with van der Waals surface area (Å²) in [7, 11) is -3.09. The number of hydrogen-bond donors (Lipinski definition) is 1. The lowest BCUT2D eigenvalue weighted by Crippen LogP contribution is -2.48. The molecular weight excluding hydrogens is 236 g/mol. The molecule has 0 radical (unpaired) electrons. The van der Waals surface area contributed by atoms with E-state index in [-0.39, 0.29) is 6.04 Å². The number of nitrogens with one attached hydrogen (secondary N) is 1. The largest absolute Gasteiger partial charge is 0.307 e. The van der Waals surface area contributed by atoms with Crippen molar-refractivity contribution in [3.05, 3.63) is 35.4 Å². The van der Waals surface area contributed by atoms with Crippen LogP contribution in [-0.2, 0) is 10.0 Å². The second-order valence-corrected chi connectivity index (χ2v) is 6.47. The number of sulfonamides is 1. The average Bonchev–Trinajstić information content (AvgIpc) is 2.29. The molecule has 0 amide bonds. The SMILES string of the molecule is Cc1ccccc1C1CN(S(C)(=O)=O)CCN1. The lowest BCUT2D eigenvalue weighted by Gasteiger charge is -2.32. The molecule has 1 aliphatic rings. The topological polar surface area (TPSA) is 49.4 Å². The molecule has 0 aliphatic carbocycles. The van der Waals surface area contributed by atoms with Gasteiger partial charge < -0.3 is 5.32 Å². The summed E-state index contributed by atoms with van der Waals surface area (Å²) in [5.41, 5.74) is 2.38. The van der Waals surface area contributed by atoms with Gasteiger partial charge in [0.25, 0.3) is 0 Å². The molecule has 1 fully saturated rings. The molecule has 1 saturated heterocycles. The van der Waals surface area contributed by atoms with E-state index in [4.69, 9.17) is 0 Å². The highest BCUT2D eigenvalue weighted by Gasteiger charge is 2.26. The smallest absolute Gasteiger partial charge is 0.211 e. The third-order valence-corrected chi connectivity index (χ3v) is 4.44. The van der Waals surface area contributed by atoms with Crippen LogP contribution in [0.15, 0.2) is 24.3 Å². The first-order valence-electron chi connectivity index (χ1n) is 5.72. The van der Waals surface area contributed by atoms with Crippen molar-refractivity contribution in [2.45, 2.75) is 13.0 Å². The van der Waals surface area contributed by atoms with Crippen LogP contribution in [0.25, 0.3) is 0 Å². The Hall–Kier alpha value is -0.910. The lowest BCUT2D eigenvalue weighted by molar-refractivity contribution is 0.303. The van der Waals surface area contributed by atoms with Crippen LogP contribution in [0.1, 0.15) is 17.2 Å². The second kappa shape index (κ2) is 4.76. The third kappa shape index (κ3) is 2.86. The Labute approximate surface area is 103 Å². The number of rotatable bonds is 2. The Bertz CT molecular complexity index is 499. The van der Waals surface area contributed by atoms with Crippen molar-refractivity contribution in [3.8, 4) is 0 Å². The minimum atomic E-state index is -3.09. The van der Waals surface area contributed by atoms with E-state index in [2.05, 4.69) is 24.4 Å². The Balaban J connectivity index is 2.21. The van der Waals surface area contributed by atoms with Gasteiger partial charge >= 0.3 is 0 Å². The van der Waals surface area contributed by atoms with Crippen molar-refractivity contribution in [1.29, 1.82) is 0 Å². The predicted octanol–water partition coefficient (Wildman–Crippen LogP) is 0.901. The van der Waals surface area contributed by atoms with Crippen molar-refractivity contribution in [1.82, 2.24) is 9.62 Å². The average molecular weight is 254 g/mol. The zero-order valence-corrected chi connectivity index (χ0v) is 11.0. The van der Waals surface area contributed by atoms with Gasteiger partial charge in [0.05, 0.1) is 6.26 Å². The highest BCUT2D eigenvalue weighted by Crippen LogP contribution is 2.21. The monoisotopic (exact) mass is 254 g/mol. The molecule has 1 aromatic carbocycles. The molecule has 1 aliphatic heterocycles. The molecule has 0 aromatic heterocycles. The lowest BCUT2D eigenvalue weighted by atomic mass is 10.0. The van der Waals surface area contributed by atoms with Gasteiger partial charge in [-0.3, -0.25) is 0 Å². The van der Waals surface area contributed by atoms with Gasteiger partial charge in [0.1, 0.15) is 0 Å². The molecule has 17 heavy (non-hydrogen) atoms. The first kappa shape index (κ1) is 12.5. The maximum Gasteiger partial charge on any atom is 0.211 e. The maximum atomic E-state index is 11.5. The molecule has 4 nitrogen and oxygen atoms in total. The normalized spacial score (nSPS) is 22.6. The van der Waals surface area contributed by atoms with E-state index >= 15 is 0 Å². The molecule has 1 aromatic rings. The third-order valence-electron chi connectivity index (χ3n) is 3.17. The fourth-order valence-electron chi connectivity index (χ4n) is 2.21. The van der Waals surface area contributed by atoms with E-state index in [0.717, 1.165) is 0 Å². The van der Waals surface area contributed by atoms with E-state index < -0.39 is 10.0 Å². The number of hydrogen-bond acceptors (Lipinski definition) is 3. The molecule has 0 saturated carbocycles. The van der Waals surface area contributed by atoms with Crippen molar-refractivity contribution in [2.75, 3.05) is 25.9 Å². The van der Waals surface area contributed by atoms with E-state index in [1.165, 1.54) is 17.4 Å². The minimum Gasteiger partial charge on any atom is -0.307 e. The molecule has 1 heterocycles. The van der Waals surface area contributed by atoms with Crippen molar-refractivity contribution < 1.29 is 8.42 Å². The fourth-order valence-corrected chi connectivity index (χ4v) is 3.05. The molecule has 1 atom stereocenters. The number of benzene rings is 1. The van der Waals surface area contributed by atoms with Crippen LogP contribution in [0.3, 0.4) is 0 Å². The summed E-state index contributed by atoms with van der Waals surface area (Å²) in [5.74, 6) is 0. The van der Waals surface area contributed by atoms with Gasteiger partial charge in [-0.1, -0.05) is 24.3 Å². The zero-order chi connectivity index (χ0) is 12.5. The highest BCUT2D eigenvalue weighted by atomic mass is 32.2. The Morgan fingerprint density at radius 3 is 2.71 bits per heavy atom. The molecule has 1 N–H and O–H groups in total. The van der Waals surface area contributed by atoms with Crippen LogP contribution < -0.4 is 5.32 Å². The van der Waals surface area contributed by atoms with E-state index in [1.807, 2.05) is 12.1 Å². The first-order chi connectivity index (χ1) is 7.98. The first-order valence-corrected chi connectivity index (χ1v) is 7.57. The Kier molecular flexibility index (Phi) is 3.51. The second-order valence-electron chi connectivity index (χ2n) is 4.48. The van der Waals surface area contributed by atoms with Gasteiger partial charge in [0.15, 0.2) is 0 Å². The summed E-state index contributed by atoms with van der Waals surface area (Å²) in [6.45, 7) is 3.83. The summed E-state index contributed by atoms with van der Waals surface area (Å²) in [6, 6.07) is 8.19. The van der Waals surface area contributed by atoms with Crippen LogP contribution >= 0.6 is 0 Å². The molecular formula is C12H18N2O2S. The van der Waals surface area contributed by atoms with Gasteiger partial charge in [-0.05, 0) is 18.1 Å². The molecule has 2 rings (SSSR count). The van der Waals surface area contributed by atoms with Gasteiger partial charge in [-0.15, -0.1) is 0 Å². The summed E-state index contributed by atoms with van der Waals surface area (Å²) < 4.78 is 24.6. The maximum absolute atomic E-state index is 11.5. The molecule has 0 bridgehead atoms. The number of piperazine rings is 1. The van der Waals surface area contributed by atoms with Crippen LogP contribution in [-0.4, -0.2) is 38.6 Å². The molecule has 0 spiro atoms. The molecule has 1 unspecified atom stereocenters. The van der Waals surface area contributed by atoms with Gasteiger partial charge in [0.2, 0.25) is 10.0 Å². The van der Waals surface area contributed by atoms with E-state index in [9.17, 15) is 8.42 Å². The quantitative estimate of drug-likeness (QED) is 0.853. The summed E-state index contributed by atoms with van der Waals surface area (Å²) in [6.07, 6.45) is 1.27. The molecule has 5 heteroatoms. The van der Waals surface area contributed by atoms with Crippen molar-refractivity contribution >= 4 is 10.0 Å². The van der Waals surface area contributed by atoms with E-state index in [0.29, 0.717) is 19.6 Å². The summed E-state index contributed by atoms with van der Waals surface area (Å²) in [4.78, 5) is 0. The molecule has 94 valence electrons. The highest BCUT2D eigenvalue weighted by molar-refractivity contribution is 7.88. The number of nitrogens with zero attached hydrogens (tertiary/aromatic N) is 1. The Morgan fingerprint density at radius 1 is 1.35 bits per heavy atom. The van der Waals surface area contributed by atoms with Gasteiger partial charge in [-0.25, -0.2) is 8.42 Å². The van der Waals surface area contributed by atoms with Crippen molar-refractivity contribution in [3.63, 3.8) is 0 Å². The van der Waals surface area contributed by atoms with Crippen LogP contribution in [0.5, 0.6) is 0 Å². The Morgan fingerprint density at radius 2 is 2.06 bits per heavy atom. The van der Waals surface area contributed by atoms with Gasteiger partial charge in [0, 0.05) is 25.7 Å². The van der Waals surface area contributed by atoms with Crippen molar-refractivity contribution in [2.24, 2.45) is 0 Å². The van der Waals surface area contributed by atoms with Crippen LogP contribution in [0.4, 0.5) is 0 Å². The number of aryl methyl sites for hydroxylation is 1. The van der Waals surface area contributed by atoms with Gasteiger partial charge in [-0.2, -0.15) is 4.31 Å². The minimum absolute atomic E-state index is 0.0969. The summed E-state index contributed by atoms with van der Waals surface area (Å²) in [5, 5.41) is 3.37. The summed E-state index contributed by atoms with van der Waals surface area (Å²) >= 11 is 0. The standard InChI is InChI=1S/C12H18N2O2S/c1-10-5-3-4-6-11(10)12-9-14(8-7-13-12)17(2,15)16/h3-6,12-13H,7-9H2,1-2H3. The fraction of sp³-hybridized carbons (Fsp3) is 0.500.